The molecule has 2 saturated heterocycles. The summed E-state index contributed by atoms with van der Waals surface area (Å²) in [5.74, 6) is 0.549. The summed E-state index contributed by atoms with van der Waals surface area (Å²) < 4.78 is 7.42. The number of methoxy groups -OCH3 is 1. The van der Waals surface area contributed by atoms with Crippen molar-refractivity contribution in [2.45, 2.75) is 51.2 Å². The molecule has 13 nitrogen and oxygen atoms in total. The SMILES string of the molecule is COc1nc(-c2ccnc(-c3cccc(NC(=O)c4nc5c(n4C)CCN(C(=O)C4CCNCC4)C5)c3Cl)c2Cl)ccc1CNC[C@@H]1CCC(=O)N1. The number of imidazole rings is 1. The molecule has 2 fully saturated rings. The fraction of sp³-hybridized carbons (Fsp3) is 0.405. The zero-order valence-corrected chi connectivity index (χ0v) is 30.6. The van der Waals surface area contributed by atoms with Gasteiger partial charge in [-0.3, -0.25) is 19.4 Å². The third kappa shape index (κ3) is 7.36. The average Bonchev–Trinajstić information content (AvgIpc) is 3.74. The maximum atomic E-state index is 13.6. The minimum Gasteiger partial charge on any atom is -0.481 e. The molecule has 3 aliphatic rings. The number of benzene rings is 1. The Morgan fingerprint density at radius 3 is 2.62 bits per heavy atom. The maximum Gasteiger partial charge on any atom is 0.291 e. The number of aromatic nitrogens is 4. The van der Waals surface area contributed by atoms with E-state index in [1.165, 1.54) is 0 Å². The molecule has 0 radical (unpaired) electrons. The highest BCUT2D eigenvalue weighted by atomic mass is 35.5. The Bertz CT molecular complexity index is 2010. The standard InChI is InChI=1S/C37H41Cl2N9O4/c1-47-29-13-17-48(37(51)21-10-14-40-15-11-21)20-28(29)44-34(47)35(50)45-27-5-3-4-25(31(27)38)33-32(39)24(12-16-42-33)26-8-6-22(36(46-26)52-2)18-41-19-23-7-9-30(49)43-23/h3-6,8,12,16,21,23,40-41H,7,9-11,13-15,17-20H2,1-2H3,(H,43,49)(H,45,50)/t23-/m0/s1. The summed E-state index contributed by atoms with van der Waals surface area (Å²) in [5.41, 5.74) is 5.11. The Morgan fingerprint density at radius 1 is 1.02 bits per heavy atom. The van der Waals surface area contributed by atoms with Crippen LogP contribution in [0.15, 0.2) is 42.6 Å². The molecule has 52 heavy (non-hydrogen) atoms. The van der Waals surface area contributed by atoms with E-state index in [4.69, 9.17) is 32.9 Å². The van der Waals surface area contributed by atoms with Gasteiger partial charge in [0.25, 0.3) is 5.91 Å². The van der Waals surface area contributed by atoms with Gasteiger partial charge >= 0.3 is 0 Å². The lowest BCUT2D eigenvalue weighted by Crippen LogP contribution is -2.43. The zero-order chi connectivity index (χ0) is 36.4. The van der Waals surface area contributed by atoms with Gasteiger partial charge in [-0.1, -0.05) is 41.4 Å². The molecule has 0 saturated carbocycles. The maximum absolute atomic E-state index is 13.6. The number of hydrogen-bond donors (Lipinski definition) is 4. The van der Waals surface area contributed by atoms with Crippen LogP contribution >= 0.6 is 23.2 Å². The van der Waals surface area contributed by atoms with Gasteiger partial charge in [-0.05, 0) is 50.6 Å². The van der Waals surface area contributed by atoms with Gasteiger partial charge in [0.15, 0.2) is 5.82 Å². The number of carbonyl (C=O) groups is 3. The van der Waals surface area contributed by atoms with Crippen LogP contribution in [-0.2, 0) is 36.1 Å². The number of pyridine rings is 2. The summed E-state index contributed by atoms with van der Waals surface area (Å²) in [5, 5.41) is 13.2. The highest BCUT2D eigenvalue weighted by molar-refractivity contribution is 6.39. The van der Waals surface area contributed by atoms with Crippen LogP contribution in [0.4, 0.5) is 5.69 Å². The van der Waals surface area contributed by atoms with Crippen LogP contribution in [0, 0.1) is 5.92 Å². The fourth-order valence-electron chi connectivity index (χ4n) is 7.21. The summed E-state index contributed by atoms with van der Waals surface area (Å²) in [6, 6.07) is 11.0. The Labute approximate surface area is 311 Å². The lowest BCUT2D eigenvalue weighted by Gasteiger charge is -2.32. The van der Waals surface area contributed by atoms with Crippen molar-refractivity contribution in [3.05, 3.63) is 75.4 Å². The number of carbonyl (C=O) groups excluding carboxylic acids is 3. The van der Waals surface area contributed by atoms with Crippen LogP contribution in [0.1, 0.15) is 53.3 Å². The molecule has 15 heteroatoms. The first kappa shape index (κ1) is 35.8. The number of amides is 3. The molecule has 3 aliphatic heterocycles. The van der Waals surface area contributed by atoms with Gasteiger partial charge < -0.3 is 35.5 Å². The Kier molecular flexibility index (Phi) is 10.7. The first-order valence-electron chi connectivity index (χ1n) is 17.5. The van der Waals surface area contributed by atoms with E-state index in [9.17, 15) is 14.4 Å². The number of nitrogens with zero attached hydrogens (tertiary/aromatic N) is 5. The third-order valence-electron chi connectivity index (χ3n) is 10.0. The zero-order valence-electron chi connectivity index (χ0n) is 29.1. The predicted octanol–water partition coefficient (Wildman–Crippen LogP) is 4.36. The molecule has 0 spiro atoms. The van der Waals surface area contributed by atoms with Gasteiger partial charge in [0.05, 0.1) is 46.5 Å². The molecule has 1 aromatic carbocycles. The second kappa shape index (κ2) is 15.6. The van der Waals surface area contributed by atoms with E-state index in [2.05, 4.69) is 31.2 Å². The molecule has 3 amide bonds. The highest BCUT2D eigenvalue weighted by Crippen LogP contribution is 2.40. The highest BCUT2D eigenvalue weighted by Gasteiger charge is 2.32. The molecular weight excluding hydrogens is 705 g/mol. The molecule has 0 aliphatic carbocycles. The second-order valence-corrected chi connectivity index (χ2v) is 14.1. The number of piperidine rings is 1. The number of hydrogen-bond acceptors (Lipinski definition) is 9. The van der Waals surface area contributed by atoms with E-state index in [-0.39, 0.29) is 34.6 Å². The van der Waals surface area contributed by atoms with Crippen molar-refractivity contribution >= 4 is 46.6 Å². The number of rotatable bonds is 10. The van der Waals surface area contributed by atoms with E-state index in [0.717, 1.165) is 49.3 Å². The molecule has 0 unspecified atom stereocenters. The van der Waals surface area contributed by atoms with Crippen LogP contribution in [-0.4, -0.2) is 81.5 Å². The number of ether oxygens (including phenoxy) is 1. The number of nitrogens with one attached hydrogen (secondary N) is 4. The van der Waals surface area contributed by atoms with Gasteiger partial charge in [0.1, 0.15) is 0 Å². The number of anilines is 1. The Morgan fingerprint density at radius 2 is 1.85 bits per heavy atom. The molecule has 4 N–H and O–H groups in total. The van der Waals surface area contributed by atoms with Gasteiger partial charge in [0, 0.05) is 80.1 Å². The molecule has 6 heterocycles. The van der Waals surface area contributed by atoms with E-state index in [1.54, 1.807) is 42.1 Å². The molecule has 4 aromatic rings. The Balaban J connectivity index is 1.07. The summed E-state index contributed by atoms with van der Waals surface area (Å²) in [7, 11) is 3.39. The van der Waals surface area contributed by atoms with Crippen molar-refractivity contribution in [3.8, 4) is 28.4 Å². The number of halogens is 2. The van der Waals surface area contributed by atoms with Crippen LogP contribution in [0.5, 0.6) is 5.88 Å². The molecule has 272 valence electrons. The van der Waals surface area contributed by atoms with Crippen LogP contribution in [0.3, 0.4) is 0 Å². The predicted molar refractivity (Wildman–Crippen MR) is 198 cm³/mol. The van der Waals surface area contributed by atoms with Gasteiger partial charge in [-0.2, -0.15) is 0 Å². The van der Waals surface area contributed by atoms with E-state index in [1.807, 2.05) is 24.1 Å². The molecule has 3 aromatic heterocycles. The first-order valence-corrected chi connectivity index (χ1v) is 18.3. The minimum atomic E-state index is -0.418. The van der Waals surface area contributed by atoms with Crippen molar-refractivity contribution in [1.29, 1.82) is 0 Å². The lowest BCUT2D eigenvalue weighted by atomic mass is 9.95. The molecule has 0 bridgehead atoms. The second-order valence-electron chi connectivity index (χ2n) is 13.4. The van der Waals surface area contributed by atoms with Gasteiger partial charge in [-0.15, -0.1) is 0 Å². The normalized spacial score (nSPS) is 17.5. The van der Waals surface area contributed by atoms with E-state index in [0.29, 0.717) is 78.1 Å². The quantitative estimate of drug-likeness (QED) is 0.185. The van der Waals surface area contributed by atoms with Gasteiger partial charge in [0.2, 0.25) is 17.7 Å². The molecular formula is C37H41Cl2N9O4. The summed E-state index contributed by atoms with van der Waals surface area (Å²) in [6.07, 6.45) is 5.31. The first-order chi connectivity index (χ1) is 25.2. The van der Waals surface area contributed by atoms with Crippen LogP contribution < -0.4 is 26.0 Å². The van der Waals surface area contributed by atoms with Crippen molar-refractivity contribution < 1.29 is 19.1 Å². The van der Waals surface area contributed by atoms with E-state index < -0.39 is 5.91 Å². The van der Waals surface area contributed by atoms with Crippen molar-refractivity contribution in [1.82, 2.24) is 40.4 Å². The van der Waals surface area contributed by atoms with Crippen LogP contribution in [0.25, 0.3) is 22.5 Å². The molecule has 1 atom stereocenters. The van der Waals surface area contributed by atoms with Crippen molar-refractivity contribution in [3.63, 3.8) is 0 Å². The largest absolute Gasteiger partial charge is 0.481 e. The topological polar surface area (TPSA) is 155 Å². The molecule has 7 rings (SSSR count). The minimum absolute atomic E-state index is 0.0269. The van der Waals surface area contributed by atoms with Gasteiger partial charge in [-0.25, -0.2) is 9.97 Å². The summed E-state index contributed by atoms with van der Waals surface area (Å²) in [6.45, 7) is 3.86. The summed E-state index contributed by atoms with van der Waals surface area (Å²) in [4.78, 5) is 54.2. The summed E-state index contributed by atoms with van der Waals surface area (Å²) >= 11 is 13.9. The van der Waals surface area contributed by atoms with Crippen LogP contribution in [0.2, 0.25) is 10.0 Å². The Hall–Kier alpha value is -4.56. The van der Waals surface area contributed by atoms with E-state index >= 15 is 0 Å². The van der Waals surface area contributed by atoms with Crippen molar-refractivity contribution in [2.75, 3.05) is 38.6 Å². The monoisotopic (exact) mass is 745 g/mol. The fourth-order valence-corrected chi connectivity index (χ4v) is 7.78. The number of fused-ring (bicyclic) bond motifs is 1. The lowest BCUT2D eigenvalue weighted by molar-refractivity contribution is -0.137. The third-order valence-corrected chi connectivity index (χ3v) is 10.8. The average molecular weight is 747 g/mol. The van der Waals surface area contributed by atoms with Crippen molar-refractivity contribution in [2.24, 2.45) is 13.0 Å². The smallest absolute Gasteiger partial charge is 0.291 e.